The molecule has 1 aliphatic rings. The topological polar surface area (TPSA) is 64.8 Å². The van der Waals surface area contributed by atoms with Gasteiger partial charge in [0.2, 0.25) is 11.6 Å². The molecule has 0 radical (unpaired) electrons. The van der Waals surface area contributed by atoms with Crippen molar-refractivity contribution in [3.8, 4) is 15.4 Å². The van der Waals surface area contributed by atoms with Crippen LogP contribution in [0.1, 0.15) is 25.9 Å². The fourth-order valence-corrected chi connectivity index (χ4v) is 7.54. The minimum absolute atomic E-state index is 0.120. The molecule has 39 heavy (non-hydrogen) atoms. The van der Waals surface area contributed by atoms with E-state index in [-0.39, 0.29) is 28.5 Å². The molecule has 7 aromatic rings. The Kier molecular flexibility index (Phi) is 4.79. The quantitative estimate of drug-likeness (QED) is 0.169. The molecule has 4 aromatic heterocycles. The van der Waals surface area contributed by atoms with Crippen LogP contribution in [-0.4, -0.2) is 26.1 Å². The molecule has 4 heterocycles. The second-order valence-electron chi connectivity index (χ2n) is 9.39. The number of Topliss-reactive ketones (excluding diaryl/α,β-unsaturated/α-hetero) is 2. The van der Waals surface area contributed by atoms with Crippen LogP contribution in [0.2, 0.25) is 0 Å². The van der Waals surface area contributed by atoms with Gasteiger partial charge in [-0.2, -0.15) is 0 Å². The molecule has 0 saturated carbocycles. The lowest BCUT2D eigenvalue weighted by atomic mass is 10.1. The fourth-order valence-electron chi connectivity index (χ4n) is 5.30. The first-order chi connectivity index (χ1) is 19.2. The summed E-state index contributed by atoms with van der Waals surface area (Å²) in [5, 5.41) is 4.84. The molecule has 0 aliphatic heterocycles. The zero-order valence-electron chi connectivity index (χ0n) is 20.3. The Morgan fingerprint density at radius 3 is 2.23 bits per heavy atom. The van der Waals surface area contributed by atoms with Crippen molar-refractivity contribution < 1.29 is 9.59 Å². The molecule has 5 nitrogen and oxygen atoms in total. The lowest BCUT2D eigenvalue weighted by molar-refractivity contribution is 0.0988. The van der Waals surface area contributed by atoms with E-state index in [9.17, 15) is 9.59 Å². The Labute approximate surface area is 230 Å². The van der Waals surface area contributed by atoms with E-state index in [1.165, 1.54) is 44.3 Å². The number of para-hydroxylation sites is 1. The molecule has 0 unspecified atom stereocenters. The van der Waals surface area contributed by atoms with Crippen molar-refractivity contribution in [2.45, 2.75) is 0 Å². The maximum atomic E-state index is 12.8. The number of benzene rings is 3. The molecule has 0 amide bonds. The Bertz CT molecular complexity index is 2140. The molecule has 0 fully saturated rings. The first kappa shape index (κ1) is 22.3. The Morgan fingerprint density at radius 1 is 0.667 bits per heavy atom. The second kappa shape index (κ2) is 8.39. The van der Waals surface area contributed by atoms with Crippen molar-refractivity contribution in [2.75, 3.05) is 0 Å². The van der Waals surface area contributed by atoms with Crippen LogP contribution in [0.4, 0.5) is 0 Å². The van der Waals surface area contributed by atoms with Gasteiger partial charge in [-0.3, -0.25) is 9.59 Å². The van der Waals surface area contributed by atoms with Gasteiger partial charge in [-0.15, -0.1) is 22.7 Å². The Balaban J connectivity index is 1.24. The maximum absolute atomic E-state index is 12.8. The lowest BCUT2D eigenvalue weighted by Gasteiger charge is -2.08. The molecule has 0 N–H and O–H groups in total. The molecule has 0 saturated heterocycles. The van der Waals surface area contributed by atoms with E-state index in [2.05, 4.69) is 93.4 Å². The van der Waals surface area contributed by atoms with Crippen LogP contribution in [0, 0.1) is 0 Å². The molecular formula is C32H17N3O2S2. The predicted octanol–water partition coefficient (Wildman–Crippen LogP) is 7.98. The number of aromatic nitrogens is 3. The van der Waals surface area contributed by atoms with E-state index in [4.69, 9.17) is 0 Å². The van der Waals surface area contributed by atoms with Crippen molar-refractivity contribution in [2.24, 2.45) is 0 Å². The zero-order valence-corrected chi connectivity index (χ0v) is 21.9. The van der Waals surface area contributed by atoms with Crippen LogP contribution in [0.25, 0.3) is 53.4 Å². The third kappa shape index (κ3) is 3.37. The van der Waals surface area contributed by atoms with E-state index >= 15 is 0 Å². The number of hydrogen-bond acceptors (Lipinski definition) is 6. The summed E-state index contributed by atoms with van der Waals surface area (Å²) in [6.45, 7) is 0. The molecule has 7 heteroatoms. The van der Waals surface area contributed by atoms with Gasteiger partial charge in [-0.1, -0.05) is 48.5 Å². The highest BCUT2D eigenvalue weighted by Crippen LogP contribution is 2.43. The summed E-state index contributed by atoms with van der Waals surface area (Å²) in [5.41, 5.74) is 2.69. The van der Waals surface area contributed by atoms with Crippen LogP contribution < -0.4 is 0 Å². The Hall–Kier alpha value is -4.72. The van der Waals surface area contributed by atoms with Crippen LogP contribution in [-0.2, 0) is 0 Å². The second-order valence-corrected chi connectivity index (χ2v) is 11.5. The van der Waals surface area contributed by atoms with E-state index in [0.29, 0.717) is 0 Å². The average molecular weight is 540 g/mol. The molecule has 8 rings (SSSR count). The molecule has 1 aliphatic carbocycles. The summed E-state index contributed by atoms with van der Waals surface area (Å²) in [4.78, 5) is 37.9. The highest BCUT2D eigenvalue weighted by molar-refractivity contribution is 7.26. The van der Waals surface area contributed by atoms with Gasteiger partial charge in [-0.05, 0) is 53.2 Å². The van der Waals surface area contributed by atoms with Gasteiger partial charge >= 0.3 is 0 Å². The molecule has 0 bridgehead atoms. The molecule has 0 spiro atoms. The molecule has 184 valence electrons. The summed E-state index contributed by atoms with van der Waals surface area (Å²) in [5.74, 6) is -0.730. The molecular weight excluding hydrogens is 523 g/mol. The van der Waals surface area contributed by atoms with Crippen molar-refractivity contribution in [1.29, 1.82) is 0 Å². The summed E-state index contributed by atoms with van der Waals surface area (Å²) in [7, 11) is 0. The largest absolute Gasteiger partial charge is 0.301 e. The number of carbonyl (C=O) groups excluding carboxylic acids is 2. The number of hydrogen-bond donors (Lipinski definition) is 0. The predicted molar refractivity (Wildman–Crippen MR) is 158 cm³/mol. The van der Waals surface area contributed by atoms with Crippen LogP contribution >= 0.6 is 22.7 Å². The minimum atomic E-state index is -0.365. The maximum Gasteiger partial charge on any atom is 0.217 e. The third-order valence-corrected chi connectivity index (χ3v) is 9.46. The van der Waals surface area contributed by atoms with Gasteiger partial charge in [0.15, 0.2) is 0 Å². The van der Waals surface area contributed by atoms with E-state index in [1.807, 2.05) is 6.07 Å². The monoisotopic (exact) mass is 539 g/mol. The number of thiophene rings is 2. The fraction of sp³-hybridized carbons (Fsp3) is 0. The van der Waals surface area contributed by atoms with Gasteiger partial charge in [0.25, 0.3) is 0 Å². The lowest BCUT2D eigenvalue weighted by Crippen LogP contribution is -2.00. The van der Waals surface area contributed by atoms with Gasteiger partial charge in [0, 0.05) is 43.5 Å². The number of fused-ring (bicyclic) bond motifs is 5. The first-order valence-electron chi connectivity index (χ1n) is 12.4. The van der Waals surface area contributed by atoms with Crippen molar-refractivity contribution in [3.05, 3.63) is 119 Å². The van der Waals surface area contributed by atoms with E-state index in [0.717, 1.165) is 20.3 Å². The van der Waals surface area contributed by atoms with Gasteiger partial charge in [0.1, 0.15) is 16.2 Å². The number of nitrogens with zero attached hydrogens (tertiary/aromatic N) is 3. The minimum Gasteiger partial charge on any atom is -0.301 e. The molecule has 0 atom stereocenters. The number of carbonyl (C=O) groups is 2. The number of allylic oxidation sites excluding steroid dienone is 1. The summed E-state index contributed by atoms with van der Waals surface area (Å²) < 4.78 is 2.34. The van der Waals surface area contributed by atoms with E-state index in [1.54, 1.807) is 28.7 Å². The van der Waals surface area contributed by atoms with Gasteiger partial charge in [-0.25, -0.2) is 9.97 Å². The van der Waals surface area contributed by atoms with Crippen LogP contribution in [0.5, 0.6) is 0 Å². The van der Waals surface area contributed by atoms with Crippen LogP contribution in [0.15, 0.2) is 103 Å². The van der Waals surface area contributed by atoms with Gasteiger partial charge < -0.3 is 4.57 Å². The van der Waals surface area contributed by atoms with E-state index < -0.39 is 0 Å². The smallest absolute Gasteiger partial charge is 0.217 e. The number of rotatable bonds is 3. The average Bonchev–Trinajstić information content (AvgIpc) is 3.73. The normalized spacial score (nSPS) is 13.2. The standard InChI is InChI=1S/C32H17N3O2S2/c36-30-24(31(37)29-28(30)33-13-14-34-29)16-21-11-12-26(38-21)27-17-23-22-7-3-4-8-25(22)35(32(23)39-27)20-10-9-18-5-1-2-6-19(18)15-20/h1-17H. The number of ketones is 2. The highest BCUT2D eigenvalue weighted by Gasteiger charge is 2.35. The molecule has 3 aromatic carbocycles. The van der Waals surface area contributed by atoms with Crippen molar-refractivity contribution in [1.82, 2.24) is 14.5 Å². The highest BCUT2D eigenvalue weighted by atomic mass is 32.1. The SMILES string of the molecule is O=C1C(=Cc2ccc(-c3cc4c5ccccc5n(-c5ccc6ccccc6c5)c4s3)s2)C(=O)c2nccnc21. The summed E-state index contributed by atoms with van der Waals surface area (Å²) >= 11 is 3.31. The Morgan fingerprint density at radius 2 is 1.41 bits per heavy atom. The van der Waals surface area contributed by atoms with Crippen molar-refractivity contribution >= 4 is 72.2 Å². The third-order valence-electron chi connectivity index (χ3n) is 7.12. The van der Waals surface area contributed by atoms with Gasteiger partial charge in [0.05, 0.1) is 11.1 Å². The summed E-state index contributed by atoms with van der Waals surface area (Å²) in [6, 6.07) is 29.8. The zero-order chi connectivity index (χ0) is 26.1. The van der Waals surface area contributed by atoms with Crippen molar-refractivity contribution in [3.63, 3.8) is 0 Å². The summed E-state index contributed by atoms with van der Waals surface area (Å²) in [6.07, 6.45) is 4.54. The first-order valence-corrected chi connectivity index (χ1v) is 14.0. The van der Waals surface area contributed by atoms with Crippen LogP contribution in [0.3, 0.4) is 0 Å².